The lowest BCUT2D eigenvalue weighted by atomic mass is 10.0. The van der Waals surface area contributed by atoms with E-state index >= 15 is 0 Å². The molecule has 1 atom stereocenters. The first-order chi connectivity index (χ1) is 35.0. The predicted octanol–water partition coefficient (Wildman–Crippen LogP) is 20.5. The van der Waals surface area contributed by atoms with Crippen LogP contribution in [0.2, 0.25) is 0 Å². The average Bonchev–Trinajstić information content (AvgIpc) is 3.37. The SMILES string of the molecule is CCCCC/C=C\C/C=C\C/C=C\C/C=C\CCCC(=O)O[C@H](COC(=O)CCCCCCC/C=C\C/C=C\CCCCC)COC(=O)CCCCCCCCCCCCCCCCCCCCCCC. The van der Waals surface area contributed by atoms with E-state index in [1.54, 1.807) is 0 Å². The summed E-state index contributed by atoms with van der Waals surface area (Å²) < 4.78 is 16.8. The van der Waals surface area contributed by atoms with Gasteiger partial charge in [0.25, 0.3) is 0 Å². The number of hydrogen-bond acceptors (Lipinski definition) is 6. The van der Waals surface area contributed by atoms with E-state index in [4.69, 9.17) is 14.2 Å². The number of ether oxygens (including phenoxy) is 3. The summed E-state index contributed by atoms with van der Waals surface area (Å²) in [6.45, 7) is 6.56. The van der Waals surface area contributed by atoms with Crippen molar-refractivity contribution in [3.8, 4) is 0 Å². The van der Waals surface area contributed by atoms with Crippen molar-refractivity contribution in [2.45, 2.75) is 309 Å². The van der Waals surface area contributed by atoms with E-state index < -0.39 is 6.10 Å². The summed E-state index contributed by atoms with van der Waals surface area (Å²) in [4.78, 5) is 38.2. The Bertz CT molecular complexity index is 1320. The molecule has 0 aromatic heterocycles. The molecular formula is C65H114O6. The van der Waals surface area contributed by atoms with Crippen molar-refractivity contribution < 1.29 is 28.6 Å². The molecule has 0 rings (SSSR count). The normalized spacial score (nSPS) is 12.5. The van der Waals surface area contributed by atoms with E-state index in [1.165, 1.54) is 167 Å². The van der Waals surface area contributed by atoms with Crippen molar-refractivity contribution in [2.24, 2.45) is 0 Å². The van der Waals surface area contributed by atoms with Crippen LogP contribution in [-0.2, 0) is 28.6 Å². The highest BCUT2D eigenvalue weighted by atomic mass is 16.6. The summed E-state index contributed by atoms with van der Waals surface area (Å²) in [5.41, 5.74) is 0. The van der Waals surface area contributed by atoms with Crippen molar-refractivity contribution in [2.75, 3.05) is 13.2 Å². The molecule has 6 nitrogen and oxygen atoms in total. The maximum Gasteiger partial charge on any atom is 0.306 e. The number of rotatable bonds is 55. The molecule has 0 aliphatic carbocycles. The van der Waals surface area contributed by atoms with Gasteiger partial charge in [0.2, 0.25) is 0 Å². The lowest BCUT2D eigenvalue weighted by Crippen LogP contribution is -2.30. The topological polar surface area (TPSA) is 78.9 Å². The van der Waals surface area contributed by atoms with Gasteiger partial charge in [0.15, 0.2) is 6.10 Å². The standard InChI is InChI=1S/C65H114O6/c1-4-7-10-13-16-19-22-25-28-30-31-32-33-35-37-40-43-46-49-52-55-58-64(67)70-61-62(60-69-63(66)57-54-51-48-45-42-39-36-27-24-21-18-15-12-9-6-3)71-65(68)59-56-53-50-47-44-41-38-34-29-26-23-20-17-14-11-8-5-2/h17-18,20-21,26-27,29,36,38,41,47,50,62H,4-16,19,22-25,28,30-35,37,39-40,42-46,48-49,51-61H2,1-3H3/b20-17-,21-18-,29-26-,36-27-,41-38-,50-47-/t62-/m1/s1. The Kier molecular flexibility index (Phi) is 56.8. The largest absolute Gasteiger partial charge is 0.462 e. The lowest BCUT2D eigenvalue weighted by Gasteiger charge is -2.18. The van der Waals surface area contributed by atoms with Crippen molar-refractivity contribution >= 4 is 17.9 Å². The molecular weight excluding hydrogens is 877 g/mol. The summed E-state index contributed by atoms with van der Waals surface area (Å²) in [7, 11) is 0. The third-order valence-corrected chi connectivity index (χ3v) is 13.2. The summed E-state index contributed by atoms with van der Waals surface area (Å²) >= 11 is 0. The van der Waals surface area contributed by atoms with E-state index in [9.17, 15) is 14.4 Å². The first-order valence-corrected chi connectivity index (χ1v) is 30.4. The highest BCUT2D eigenvalue weighted by Gasteiger charge is 2.19. The van der Waals surface area contributed by atoms with Gasteiger partial charge in [-0.1, -0.05) is 267 Å². The maximum absolute atomic E-state index is 12.8. The fraction of sp³-hybridized carbons (Fsp3) is 0.769. The highest BCUT2D eigenvalue weighted by molar-refractivity contribution is 5.71. The van der Waals surface area contributed by atoms with Crippen LogP contribution < -0.4 is 0 Å². The fourth-order valence-electron chi connectivity index (χ4n) is 8.58. The molecule has 0 spiro atoms. The Labute approximate surface area is 440 Å². The zero-order chi connectivity index (χ0) is 51.4. The van der Waals surface area contributed by atoms with Crippen LogP contribution in [-0.4, -0.2) is 37.2 Å². The van der Waals surface area contributed by atoms with Crippen molar-refractivity contribution in [1.29, 1.82) is 0 Å². The third-order valence-electron chi connectivity index (χ3n) is 13.2. The monoisotopic (exact) mass is 991 g/mol. The van der Waals surface area contributed by atoms with Crippen LogP contribution >= 0.6 is 0 Å². The van der Waals surface area contributed by atoms with Crippen LogP contribution in [0.4, 0.5) is 0 Å². The van der Waals surface area contributed by atoms with Crippen molar-refractivity contribution in [1.82, 2.24) is 0 Å². The molecule has 0 amide bonds. The molecule has 0 fully saturated rings. The number of unbranched alkanes of at least 4 members (excludes halogenated alkanes) is 32. The molecule has 0 N–H and O–H groups in total. The Morgan fingerprint density at radius 3 is 0.859 bits per heavy atom. The summed E-state index contributed by atoms with van der Waals surface area (Å²) in [6, 6.07) is 0. The molecule has 0 aromatic carbocycles. The molecule has 71 heavy (non-hydrogen) atoms. The van der Waals surface area contributed by atoms with Crippen LogP contribution in [0.5, 0.6) is 0 Å². The predicted molar refractivity (Wildman–Crippen MR) is 307 cm³/mol. The smallest absolute Gasteiger partial charge is 0.306 e. The van der Waals surface area contributed by atoms with Crippen LogP contribution in [0.15, 0.2) is 72.9 Å². The van der Waals surface area contributed by atoms with Crippen molar-refractivity contribution in [3.05, 3.63) is 72.9 Å². The number of carbonyl (C=O) groups excluding carboxylic acids is 3. The molecule has 0 saturated heterocycles. The zero-order valence-electron chi connectivity index (χ0n) is 47.0. The molecule has 6 heteroatoms. The Balaban J connectivity index is 4.41. The molecule has 0 aliphatic rings. The summed E-state index contributed by atoms with van der Waals surface area (Å²) in [5.74, 6) is -0.958. The number of carbonyl (C=O) groups is 3. The molecule has 0 aliphatic heterocycles. The van der Waals surface area contributed by atoms with E-state index in [-0.39, 0.29) is 37.5 Å². The van der Waals surface area contributed by atoms with E-state index in [1.807, 2.05) is 0 Å². The maximum atomic E-state index is 12.8. The van der Waals surface area contributed by atoms with E-state index in [2.05, 4.69) is 93.7 Å². The Morgan fingerprint density at radius 1 is 0.282 bits per heavy atom. The van der Waals surface area contributed by atoms with Gasteiger partial charge in [-0.3, -0.25) is 14.4 Å². The van der Waals surface area contributed by atoms with Gasteiger partial charge in [-0.05, 0) is 89.9 Å². The molecule has 0 bridgehead atoms. The van der Waals surface area contributed by atoms with Gasteiger partial charge < -0.3 is 14.2 Å². The second-order valence-electron chi connectivity index (χ2n) is 20.3. The van der Waals surface area contributed by atoms with Crippen LogP contribution in [0.3, 0.4) is 0 Å². The minimum absolute atomic E-state index is 0.0992. The number of allylic oxidation sites excluding steroid dienone is 12. The second kappa shape index (κ2) is 59.4. The van der Waals surface area contributed by atoms with Crippen LogP contribution in [0.25, 0.3) is 0 Å². The summed E-state index contributed by atoms with van der Waals surface area (Å²) in [6.07, 6.45) is 76.2. The number of esters is 3. The van der Waals surface area contributed by atoms with Gasteiger partial charge in [-0.25, -0.2) is 0 Å². The Hall–Kier alpha value is -3.15. The Morgan fingerprint density at radius 2 is 0.521 bits per heavy atom. The molecule has 410 valence electrons. The number of hydrogen-bond donors (Lipinski definition) is 0. The fourth-order valence-corrected chi connectivity index (χ4v) is 8.58. The highest BCUT2D eigenvalue weighted by Crippen LogP contribution is 2.16. The quantitative estimate of drug-likeness (QED) is 0.0261. The van der Waals surface area contributed by atoms with E-state index in [0.29, 0.717) is 19.3 Å². The minimum Gasteiger partial charge on any atom is -0.462 e. The van der Waals surface area contributed by atoms with Gasteiger partial charge in [0.1, 0.15) is 13.2 Å². The average molecular weight is 992 g/mol. The first-order valence-electron chi connectivity index (χ1n) is 30.4. The van der Waals surface area contributed by atoms with Crippen molar-refractivity contribution in [3.63, 3.8) is 0 Å². The molecule has 0 radical (unpaired) electrons. The molecule has 0 aromatic rings. The van der Waals surface area contributed by atoms with Gasteiger partial charge in [-0.15, -0.1) is 0 Å². The van der Waals surface area contributed by atoms with E-state index in [0.717, 1.165) is 89.9 Å². The van der Waals surface area contributed by atoms with Gasteiger partial charge in [-0.2, -0.15) is 0 Å². The molecule has 0 unspecified atom stereocenters. The van der Waals surface area contributed by atoms with Crippen LogP contribution in [0.1, 0.15) is 303 Å². The van der Waals surface area contributed by atoms with Gasteiger partial charge in [0, 0.05) is 19.3 Å². The lowest BCUT2D eigenvalue weighted by molar-refractivity contribution is -0.167. The van der Waals surface area contributed by atoms with Gasteiger partial charge >= 0.3 is 17.9 Å². The van der Waals surface area contributed by atoms with Gasteiger partial charge in [0.05, 0.1) is 0 Å². The second-order valence-corrected chi connectivity index (χ2v) is 20.3. The molecule has 0 saturated carbocycles. The minimum atomic E-state index is -0.809. The van der Waals surface area contributed by atoms with Crippen LogP contribution in [0, 0.1) is 0 Å². The zero-order valence-corrected chi connectivity index (χ0v) is 47.0. The first kappa shape index (κ1) is 67.8. The molecule has 0 heterocycles. The third kappa shape index (κ3) is 57.6. The summed E-state index contributed by atoms with van der Waals surface area (Å²) in [5, 5.41) is 0.